The fourth-order valence-electron chi connectivity index (χ4n) is 7.95. The van der Waals surface area contributed by atoms with Gasteiger partial charge >= 0.3 is 0 Å². The molecule has 6 N–H and O–H groups in total. The van der Waals surface area contributed by atoms with E-state index in [-0.39, 0.29) is 73.5 Å². The van der Waals surface area contributed by atoms with Crippen molar-refractivity contribution in [3.05, 3.63) is 0 Å². The van der Waals surface area contributed by atoms with Crippen molar-refractivity contribution < 1.29 is 54.3 Å². The number of ether oxygens (including phenoxy) is 5. The Morgan fingerprint density at radius 3 is 0.887 bits per heavy atom. The van der Waals surface area contributed by atoms with E-state index in [4.69, 9.17) is 54.3 Å². The smallest absolute Gasteiger partial charge is 0.0781 e. The van der Waals surface area contributed by atoms with E-state index in [2.05, 4.69) is 158 Å². The van der Waals surface area contributed by atoms with E-state index in [0.717, 1.165) is 36.8 Å². The third-order valence-corrected chi connectivity index (χ3v) is 10.1. The molecule has 0 aliphatic carbocycles. The van der Waals surface area contributed by atoms with Gasteiger partial charge in [0.25, 0.3) is 0 Å². The van der Waals surface area contributed by atoms with Gasteiger partial charge in [0.15, 0.2) is 0 Å². The third kappa shape index (κ3) is 57.0. The lowest BCUT2D eigenvalue weighted by atomic mass is 9.93. The molecule has 71 heavy (non-hydrogen) atoms. The normalized spacial score (nSPS) is 14.3. The van der Waals surface area contributed by atoms with Crippen LogP contribution in [0.15, 0.2) is 0 Å². The molecular formula is C56H126N4O11. The average molecular weight is 1030 g/mol. The van der Waals surface area contributed by atoms with Crippen LogP contribution in [0.2, 0.25) is 0 Å². The summed E-state index contributed by atoms with van der Waals surface area (Å²) in [5.41, 5.74) is 0.777. The first kappa shape index (κ1) is 79.3. The van der Waals surface area contributed by atoms with Crippen molar-refractivity contribution in [2.24, 2.45) is 23.7 Å². The van der Waals surface area contributed by atoms with Crippen molar-refractivity contribution in [1.29, 1.82) is 0 Å². The molecule has 0 heterocycles. The van der Waals surface area contributed by atoms with Crippen LogP contribution in [0.3, 0.4) is 0 Å². The molecule has 0 amide bonds. The quantitative estimate of drug-likeness (QED) is 0.0364. The topological polar surface area (TPSA) is 180 Å². The largest absolute Gasteiger partial charge is 0.394 e. The van der Waals surface area contributed by atoms with Crippen molar-refractivity contribution >= 4 is 0 Å². The maximum atomic E-state index is 8.80. The Hall–Kier alpha value is -0.600. The molecule has 0 fully saturated rings. The highest BCUT2D eigenvalue weighted by Gasteiger charge is 2.35. The van der Waals surface area contributed by atoms with Crippen LogP contribution < -0.4 is 0 Å². The van der Waals surface area contributed by atoms with Gasteiger partial charge in [-0.25, -0.2) is 0 Å². The average Bonchev–Trinajstić information content (AvgIpc) is 3.20. The van der Waals surface area contributed by atoms with Gasteiger partial charge in [-0.05, 0) is 134 Å². The minimum atomic E-state index is -0.430. The Labute approximate surface area is 440 Å². The van der Waals surface area contributed by atoms with Crippen LogP contribution in [0.5, 0.6) is 0 Å². The number of hydrogen-bond acceptors (Lipinski definition) is 15. The SMILES string of the molecule is CC(C)(C)N(CCN(C(C)(C)C)C(C)(C)C)C(C)(C)C.CC(C)CN(CCN(CC(C)C)CC(C)C)CC(C)C.CC(CO)OCCO.CC(COCCO)OCCO.CC(O)COCCOC(C)CO. The first-order valence-corrected chi connectivity index (χ1v) is 27.2. The second-order valence-corrected chi connectivity index (χ2v) is 24.7. The molecule has 0 rings (SSSR count). The van der Waals surface area contributed by atoms with Crippen LogP contribution in [0, 0.1) is 23.7 Å². The first-order chi connectivity index (χ1) is 32.5. The molecule has 15 nitrogen and oxygen atoms in total. The zero-order valence-electron chi connectivity index (χ0n) is 51.3. The summed E-state index contributed by atoms with van der Waals surface area (Å²) in [4.78, 5) is 10.5. The van der Waals surface area contributed by atoms with Gasteiger partial charge in [-0.2, -0.15) is 0 Å². The van der Waals surface area contributed by atoms with E-state index < -0.39 is 6.10 Å². The highest BCUT2D eigenvalue weighted by Crippen LogP contribution is 2.28. The zero-order chi connectivity index (χ0) is 56.6. The second-order valence-electron chi connectivity index (χ2n) is 24.7. The molecule has 4 unspecified atom stereocenters. The minimum Gasteiger partial charge on any atom is -0.394 e. The highest BCUT2D eigenvalue weighted by atomic mass is 16.5. The Kier molecular flexibility index (Phi) is 50.9. The Bertz CT molecular complexity index is 1000. The van der Waals surface area contributed by atoms with Crippen LogP contribution in [0.1, 0.15) is 166 Å². The Morgan fingerprint density at radius 1 is 0.352 bits per heavy atom. The molecule has 0 aliphatic rings. The van der Waals surface area contributed by atoms with Crippen LogP contribution in [-0.4, -0.2) is 228 Å². The monoisotopic (exact) mass is 1030 g/mol. The third-order valence-electron chi connectivity index (χ3n) is 10.1. The molecule has 0 aromatic heterocycles. The fourth-order valence-corrected chi connectivity index (χ4v) is 7.95. The van der Waals surface area contributed by atoms with E-state index >= 15 is 0 Å². The molecule has 0 saturated carbocycles. The van der Waals surface area contributed by atoms with Crippen molar-refractivity contribution in [1.82, 2.24) is 19.6 Å². The molecule has 0 radical (unpaired) electrons. The van der Waals surface area contributed by atoms with Crippen molar-refractivity contribution in [2.45, 2.75) is 213 Å². The number of aliphatic hydroxyl groups is 6. The molecule has 15 heteroatoms. The minimum absolute atomic E-state index is 0.0139. The van der Waals surface area contributed by atoms with Gasteiger partial charge < -0.3 is 64.1 Å². The summed E-state index contributed by atoms with van der Waals surface area (Å²) in [5, 5.41) is 50.7. The molecular weight excluding hydrogens is 905 g/mol. The predicted molar refractivity (Wildman–Crippen MR) is 300 cm³/mol. The Morgan fingerprint density at radius 2 is 0.634 bits per heavy atom. The van der Waals surface area contributed by atoms with Crippen LogP contribution >= 0.6 is 0 Å². The van der Waals surface area contributed by atoms with Crippen molar-refractivity contribution in [3.63, 3.8) is 0 Å². The molecule has 0 saturated heterocycles. The number of hydrogen-bond donors (Lipinski definition) is 6. The number of nitrogens with zero attached hydrogens (tertiary/aromatic N) is 4. The van der Waals surface area contributed by atoms with Gasteiger partial charge in [0.05, 0.1) is 104 Å². The van der Waals surface area contributed by atoms with Crippen LogP contribution in [0.25, 0.3) is 0 Å². The van der Waals surface area contributed by atoms with E-state index in [1.165, 1.54) is 39.3 Å². The zero-order valence-corrected chi connectivity index (χ0v) is 51.3. The molecule has 436 valence electrons. The van der Waals surface area contributed by atoms with Gasteiger partial charge in [-0.1, -0.05) is 55.4 Å². The summed E-state index contributed by atoms with van der Waals surface area (Å²) in [5.74, 6) is 3.05. The second kappa shape index (κ2) is 45.6. The molecule has 4 atom stereocenters. The number of rotatable bonds is 32. The summed E-state index contributed by atoms with van der Waals surface area (Å²) < 4.78 is 25.1. The summed E-state index contributed by atoms with van der Waals surface area (Å²) in [6.45, 7) is 65.8. The highest BCUT2D eigenvalue weighted by molar-refractivity contribution is 4.91. The molecule has 0 aromatic carbocycles. The summed E-state index contributed by atoms with van der Waals surface area (Å²) in [6, 6.07) is 0. The van der Waals surface area contributed by atoms with E-state index in [1.54, 1.807) is 20.8 Å². The molecule has 0 spiro atoms. The van der Waals surface area contributed by atoms with Crippen molar-refractivity contribution in [3.8, 4) is 0 Å². The maximum absolute atomic E-state index is 8.80. The fraction of sp³-hybridized carbons (Fsp3) is 1.00. The van der Waals surface area contributed by atoms with Gasteiger partial charge in [-0.15, -0.1) is 0 Å². The molecule has 0 bridgehead atoms. The predicted octanol–water partition coefficient (Wildman–Crippen LogP) is 7.55. The number of aliphatic hydroxyl groups excluding tert-OH is 6. The summed E-state index contributed by atoms with van der Waals surface area (Å²) >= 11 is 0. The van der Waals surface area contributed by atoms with E-state index in [9.17, 15) is 0 Å². The van der Waals surface area contributed by atoms with E-state index in [0.29, 0.717) is 46.2 Å². The van der Waals surface area contributed by atoms with Gasteiger partial charge in [0.2, 0.25) is 0 Å². The molecule has 0 aliphatic heterocycles. The van der Waals surface area contributed by atoms with Gasteiger partial charge in [0, 0.05) is 74.5 Å². The summed E-state index contributed by atoms with van der Waals surface area (Å²) in [7, 11) is 0. The van der Waals surface area contributed by atoms with Crippen LogP contribution in [-0.2, 0) is 23.7 Å². The molecule has 0 aromatic rings. The van der Waals surface area contributed by atoms with Crippen LogP contribution in [0.4, 0.5) is 0 Å². The maximum Gasteiger partial charge on any atom is 0.0781 e. The lowest BCUT2D eigenvalue weighted by Crippen LogP contribution is -2.59. The van der Waals surface area contributed by atoms with Gasteiger partial charge in [-0.3, -0.25) is 9.80 Å². The van der Waals surface area contributed by atoms with Gasteiger partial charge in [0.1, 0.15) is 0 Å². The first-order valence-electron chi connectivity index (χ1n) is 27.2. The lowest BCUT2D eigenvalue weighted by molar-refractivity contribution is -0.0253. The lowest BCUT2D eigenvalue weighted by Gasteiger charge is -2.50. The Balaban J connectivity index is -0.000000266. The van der Waals surface area contributed by atoms with Crippen molar-refractivity contribution in [2.75, 3.05) is 132 Å². The van der Waals surface area contributed by atoms with E-state index in [1.807, 2.05) is 6.92 Å². The standard InChI is InChI=1S/2C18H40N2.C8H18O4.C7H16O4.C5H12O3/c1-15(2,3)19(16(4,5)6)13-14-20(17(7,8)9)18(10,11)12;1-15(2)11-19(12-16(3)4)9-10-20(13-17(5)6)14-18(7)8;1-7(10)6-11-3-4-12-8(2)5-9;1-7(11-5-3-9)6-10-4-2-8;1-5(4-7)8-3-2-6/h13-14H2,1-12H3;15-18H,9-14H2,1-8H3;7-10H,3-6H2,1-2H3;7-9H,2-6H2,1H3;5-7H,2-4H2,1H3. The summed E-state index contributed by atoms with van der Waals surface area (Å²) in [6.07, 6.45) is -0.740.